The Kier molecular flexibility index (Phi) is 4.14. The van der Waals surface area contributed by atoms with Gasteiger partial charge in [0.2, 0.25) is 5.91 Å². The molecule has 0 aliphatic carbocycles. The van der Waals surface area contributed by atoms with Gasteiger partial charge in [0, 0.05) is 19.2 Å². The van der Waals surface area contributed by atoms with Crippen molar-refractivity contribution in [3.05, 3.63) is 52.8 Å². The minimum absolute atomic E-state index is 0.0858. The maximum atomic E-state index is 12.5. The second kappa shape index (κ2) is 6.24. The number of aromatic nitrogens is 2. The quantitative estimate of drug-likeness (QED) is 0.802. The highest BCUT2D eigenvalue weighted by atomic mass is 16.5. The third-order valence-electron chi connectivity index (χ3n) is 4.18. The highest BCUT2D eigenvalue weighted by molar-refractivity contribution is 5.89. The van der Waals surface area contributed by atoms with Gasteiger partial charge in [0.25, 0.3) is 0 Å². The molecule has 6 nitrogen and oxygen atoms in total. The molecule has 6 heteroatoms. The predicted octanol–water partition coefficient (Wildman–Crippen LogP) is 1.33. The number of amides is 1. The largest absolute Gasteiger partial charge is 0.464 e. The molecule has 0 unspecified atom stereocenters. The molecule has 0 fully saturated rings. The average Bonchev–Trinajstić information content (AvgIpc) is 2.91. The van der Waals surface area contributed by atoms with Crippen LogP contribution < -0.4 is 0 Å². The number of fused-ring (bicyclic) bond motifs is 1. The summed E-state index contributed by atoms with van der Waals surface area (Å²) in [6.07, 6.45) is 1.01. The van der Waals surface area contributed by atoms with Gasteiger partial charge in [0.05, 0.1) is 25.8 Å². The fraction of sp³-hybridized carbons (Fsp3) is 0.353. The van der Waals surface area contributed by atoms with E-state index in [-0.39, 0.29) is 5.91 Å². The molecule has 1 aliphatic rings. The van der Waals surface area contributed by atoms with Crippen molar-refractivity contribution < 1.29 is 14.3 Å². The molecule has 120 valence electrons. The van der Waals surface area contributed by atoms with E-state index >= 15 is 0 Å². The van der Waals surface area contributed by atoms with E-state index in [1.807, 2.05) is 35.2 Å². The van der Waals surface area contributed by atoms with Gasteiger partial charge in [-0.05, 0) is 12.0 Å². The number of carbonyl (C=O) groups excluding carboxylic acids is 2. The molecule has 0 atom stereocenters. The van der Waals surface area contributed by atoms with Crippen LogP contribution in [-0.4, -0.2) is 40.2 Å². The summed E-state index contributed by atoms with van der Waals surface area (Å²) in [5, 5.41) is 4.24. The van der Waals surface area contributed by atoms with Crippen molar-refractivity contribution in [2.24, 2.45) is 7.05 Å². The van der Waals surface area contributed by atoms with Gasteiger partial charge in [-0.15, -0.1) is 0 Å². The number of aryl methyl sites for hydroxylation is 1. The van der Waals surface area contributed by atoms with Crippen LogP contribution in [0.1, 0.15) is 27.3 Å². The van der Waals surface area contributed by atoms with Gasteiger partial charge in [0.1, 0.15) is 0 Å². The average molecular weight is 313 g/mol. The Morgan fingerprint density at radius 2 is 2.00 bits per heavy atom. The van der Waals surface area contributed by atoms with Crippen LogP contribution in [0.3, 0.4) is 0 Å². The number of rotatable bonds is 3. The zero-order valence-electron chi connectivity index (χ0n) is 13.3. The minimum Gasteiger partial charge on any atom is -0.464 e. The first-order chi connectivity index (χ1) is 11.1. The van der Waals surface area contributed by atoms with Crippen LogP contribution in [0, 0.1) is 0 Å². The lowest BCUT2D eigenvalue weighted by Gasteiger charge is -2.27. The molecule has 0 radical (unpaired) electrons. The van der Waals surface area contributed by atoms with Gasteiger partial charge in [-0.2, -0.15) is 5.10 Å². The van der Waals surface area contributed by atoms with Crippen molar-refractivity contribution in [2.75, 3.05) is 13.7 Å². The first kappa shape index (κ1) is 15.3. The van der Waals surface area contributed by atoms with E-state index < -0.39 is 5.97 Å². The molecular weight excluding hydrogens is 294 g/mol. The first-order valence-corrected chi connectivity index (χ1v) is 7.55. The van der Waals surface area contributed by atoms with Crippen LogP contribution in [0.4, 0.5) is 0 Å². The van der Waals surface area contributed by atoms with Crippen molar-refractivity contribution in [3.8, 4) is 0 Å². The first-order valence-electron chi connectivity index (χ1n) is 7.55. The van der Waals surface area contributed by atoms with Crippen molar-refractivity contribution in [1.29, 1.82) is 0 Å². The molecule has 0 N–H and O–H groups in total. The highest BCUT2D eigenvalue weighted by Gasteiger charge is 2.29. The highest BCUT2D eigenvalue weighted by Crippen LogP contribution is 2.23. The summed E-state index contributed by atoms with van der Waals surface area (Å²) >= 11 is 0. The monoisotopic (exact) mass is 313 g/mol. The van der Waals surface area contributed by atoms with E-state index in [9.17, 15) is 9.59 Å². The van der Waals surface area contributed by atoms with Crippen LogP contribution in [0.2, 0.25) is 0 Å². The summed E-state index contributed by atoms with van der Waals surface area (Å²) in [5.41, 5.74) is 3.16. The maximum absolute atomic E-state index is 12.5. The van der Waals surface area contributed by atoms with E-state index in [0.29, 0.717) is 31.6 Å². The number of esters is 1. The lowest BCUT2D eigenvalue weighted by molar-refractivity contribution is -0.131. The van der Waals surface area contributed by atoms with Crippen molar-refractivity contribution in [1.82, 2.24) is 14.7 Å². The summed E-state index contributed by atoms with van der Waals surface area (Å²) in [6.45, 7) is 1.07. The molecule has 1 aliphatic heterocycles. The molecule has 0 bridgehead atoms. The standard InChI is InChI=1S/C17H19N3O3/c1-19-14-11-20(15(21)10-12-6-4-3-5-7-12)9-8-13(14)16(18-19)17(22)23-2/h3-7H,8-11H2,1-2H3. The molecule has 1 amide bonds. The number of benzene rings is 1. The molecule has 3 rings (SSSR count). The maximum Gasteiger partial charge on any atom is 0.358 e. The third-order valence-corrected chi connectivity index (χ3v) is 4.18. The smallest absolute Gasteiger partial charge is 0.358 e. The molecular formula is C17H19N3O3. The zero-order chi connectivity index (χ0) is 16.4. The lowest BCUT2D eigenvalue weighted by atomic mass is 10.0. The molecule has 23 heavy (non-hydrogen) atoms. The molecule has 2 heterocycles. The van der Waals surface area contributed by atoms with E-state index in [1.165, 1.54) is 7.11 Å². The topological polar surface area (TPSA) is 64.4 Å². The molecule has 1 aromatic heterocycles. The predicted molar refractivity (Wildman–Crippen MR) is 83.8 cm³/mol. The van der Waals surface area contributed by atoms with Crippen molar-refractivity contribution in [2.45, 2.75) is 19.4 Å². The number of nitrogens with zero attached hydrogens (tertiary/aromatic N) is 3. The molecule has 0 spiro atoms. The lowest BCUT2D eigenvalue weighted by Crippen LogP contribution is -2.37. The number of methoxy groups -OCH3 is 1. The molecule has 2 aromatic rings. The second-order valence-electron chi connectivity index (χ2n) is 5.62. The second-order valence-corrected chi connectivity index (χ2v) is 5.62. The Labute approximate surface area is 134 Å². The fourth-order valence-electron chi connectivity index (χ4n) is 2.93. The van der Waals surface area contributed by atoms with Gasteiger partial charge in [-0.25, -0.2) is 4.79 Å². The Balaban J connectivity index is 1.77. The SMILES string of the molecule is COC(=O)c1nn(C)c2c1CCN(C(=O)Cc1ccccc1)C2. The number of ether oxygens (including phenoxy) is 1. The molecule has 0 saturated heterocycles. The van der Waals surface area contributed by atoms with Crippen LogP contribution in [0.15, 0.2) is 30.3 Å². The summed E-state index contributed by atoms with van der Waals surface area (Å²) in [6, 6.07) is 9.70. The Morgan fingerprint density at radius 1 is 1.26 bits per heavy atom. The van der Waals surface area contributed by atoms with E-state index in [0.717, 1.165) is 16.8 Å². The van der Waals surface area contributed by atoms with E-state index in [2.05, 4.69) is 5.10 Å². The molecule has 0 saturated carbocycles. The van der Waals surface area contributed by atoms with Crippen LogP contribution in [0.25, 0.3) is 0 Å². The number of hydrogen-bond donors (Lipinski definition) is 0. The Hall–Kier alpha value is -2.63. The van der Waals surface area contributed by atoms with Gasteiger partial charge < -0.3 is 9.64 Å². The number of hydrogen-bond acceptors (Lipinski definition) is 4. The zero-order valence-corrected chi connectivity index (χ0v) is 13.3. The van der Waals surface area contributed by atoms with Gasteiger partial charge in [-0.1, -0.05) is 30.3 Å². The summed E-state index contributed by atoms with van der Waals surface area (Å²) < 4.78 is 6.44. The summed E-state index contributed by atoms with van der Waals surface area (Å²) in [5.74, 6) is -0.339. The van der Waals surface area contributed by atoms with Crippen molar-refractivity contribution >= 4 is 11.9 Å². The fourth-order valence-corrected chi connectivity index (χ4v) is 2.93. The van der Waals surface area contributed by atoms with Gasteiger partial charge >= 0.3 is 5.97 Å². The van der Waals surface area contributed by atoms with Crippen LogP contribution in [0.5, 0.6) is 0 Å². The van der Waals surface area contributed by atoms with E-state index in [4.69, 9.17) is 4.74 Å². The summed E-state index contributed by atoms with van der Waals surface area (Å²) in [4.78, 5) is 26.1. The van der Waals surface area contributed by atoms with Crippen LogP contribution in [-0.2, 0) is 36.0 Å². The minimum atomic E-state index is -0.425. The van der Waals surface area contributed by atoms with Gasteiger partial charge in [0.15, 0.2) is 5.69 Å². The van der Waals surface area contributed by atoms with Crippen LogP contribution >= 0.6 is 0 Å². The third kappa shape index (κ3) is 2.97. The Morgan fingerprint density at radius 3 is 2.70 bits per heavy atom. The van der Waals surface area contributed by atoms with Crippen molar-refractivity contribution in [3.63, 3.8) is 0 Å². The normalized spacial score (nSPS) is 13.6. The Bertz CT molecular complexity index is 737. The molecule has 1 aromatic carbocycles. The summed E-state index contributed by atoms with van der Waals surface area (Å²) in [7, 11) is 3.14. The van der Waals surface area contributed by atoms with Gasteiger partial charge in [-0.3, -0.25) is 9.48 Å². The van der Waals surface area contributed by atoms with E-state index in [1.54, 1.807) is 11.7 Å². The number of carbonyl (C=O) groups is 2.